The summed E-state index contributed by atoms with van der Waals surface area (Å²) in [6.45, 7) is 0.415. The molecule has 5 heteroatoms. The SMILES string of the molecule is COC(CN)CC1CC(F)(F)C1.Cl. The van der Waals surface area contributed by atoms with E-state index in [1.165, 1.54) is 0 Å². The number of methoxy groups -OCH3 is 1. The van der Waals surface area contributed by atoms with Crippen LogP contribution in [0, 0.1) is 5.92 Å². The van der Waals surface area contributed by atoms with Crippen LogP contribution in [0.5, 0.6) is 0 Å². The van der Waals surface area contributed by atoms with Gasteiger partial charge in [-0.3, -0.25) is 0 Å². The molecule has 1 rings (SSSR count). The van der Waals surface area contributed by atoms with Gasteiger partial charge in [-0.15, -0.1) is 12.4 Å². The van der Waals surface area contributed by atoms with Crippen LogP contribution in [0.2, 0.25) is 0 Å². The fourth-order valence-electron chi connectivity index (χ4n) is 1.61. The minimum absolute atomic E-state index is 0. The molecule has 13 heavy (non-hydrogen) atoms. The number of ether oxygens (including phenoxy) is 1. The molecule has 1 unspecified atom stereocenters. The van der Waals surface area contributed by atoms with Crippen molar-refractivity contribution >= 4 is 12.4 Å². The van der Waals surface area contributed by atoms with Crippen molar-refractivity contribution in [2.45, 2.75) is 31.3 Å². The molecule has 0 amide bonds. The first-order valence-corrected chi connectivity index (χ1v) is 4.18. The summed E-state index contributed by atoms with van der Waals surface area (Å²) in [6, 6.07) is 0. The van der Waals surface area contributed by atoms with Crippen molar-refractivity contribution < 1.29 is 13.5 Å². The Morgan fingerprint density at radius 3 is 2.38 bits per heavy atom. The number of alkyl halides is 2. The average molecular weight is 216 g/mol. The third-order valence-corrected chi connectivity index (χ3v) is 2.37. The lowest BCUT2D eigenvalue weighted by molar-refractivity contribution is -0.120. The molecule has 0 bridgehead atoms. The van der Waals surface area contributed by atoms with Gasteiger partial charge in [0.05, 0.1) is 6.10 Å². The Morgan fingerprint density at radius 1 is 1.54 bits per heavy atom. The number of hydrogen-bond acceptors (Lipinski definition) is 2. The van der Waals surface area contributed by atoms with Gasteiger partial charge in [0.1, 0.15) is 0 Å². The second-order valence-corrected chi connectivity index (χ2v) is 3.46. The number of nitrogens with two attached hydrogens (primary N) is 1. The molecule has 0 saturated heterocycles. The summed E-state index contributed by atoms with van der Waals surface area (Å²) in [5.41, 5.74) is 5.37. The number of rotatable bonds is 4. The highest BCUT2D eigenvalue weighted by Gasteiger charge is 2.45. The van der Waals surface area contributed by atoms with Gasteiger partial charge in [-0.1, -0.05) is 0 Å². The highest BCUT2D eigenvalue weighted by Crippen LogP contribution is 2.44. The van der Waals surface area contributed by atoms with E-state index >= 15 is 0 Å². The Bertz CT molecular complexity index is 145. The van der Waals surface area contributed by atoms with Crippen molar-refractivity contribution in [3.63, 3.8) is 0 Å². The zero-order valence-corrected chi connectivity index (χ0v) is 8.45. The first kappa shape index (κ1) is 13.1. The number of halogens is 3. The van der Waals surface area contributed by atoms with Gasteiger partial charge in [-0.25, -0.2) is 8.78 Å². The fourth-order valence-corrected chi connectivity index (χ4v) is 1.61. The molecule has 1 aliphatic carbocycles. The molecular formula is C8H16ClF2NO. The van der Waals surface area contributed by atoms with Gasteiger partial charge in [0.15, 0.2) is 0 Å². The first-order valence-electron chi connectivity index (χ1n) is 4.18. The first-order chi connectivity index (χ1) is 5.57. The van der Waals surface area contributed by atoms with E-state index < -0.39 is 5.92 Å². The fraction of sp³-hybridized carbons (Fsp3) is 1.00. The van der Waals surface area contributed by atoms with Crippen molar-refractivity contribution in [2.24, 2.45) is 11.7 Å². The quantitative estimate of drug-likeness (QED) is 0.777. The van der Waals surface area contributed by atoms with Gasteiger partial charge >= 0.3 is 0 Å². The smallest absolute Gasteiger partial charge is 0.248 e. The minimum Gasteiger partial charge on any atom is -0.380 e. The molecule has 0 radical (unpaired) electrons. The maximum absolute atomic E-state index is 12.4. The zero-order chi connectivity index (χ0) is 9.19. The van der Waals surface area contributed by atoms with Crippen LogP contribution < -0.4 is 5.73 Å². The van der Waals surface area contributed by atoms with Crippen molar-refractivity contribution in [1.29, 1.82) is 0 Å². The maximum atomic E-state index is 12.4. The molecule has 0 spiro atoms. The Hall–Kier alpha value is 0.0700. The van der Waals surface area contributed by atoms with Gasteiger partial charge in [-0.2, -0.15) is 0 Å². The van der Waals surface area contributed by atoms with Crippen LogP contribution in [0.25, 0.3) is 0 Å². The van der Waals surface area contributed by atoms with Crippen molar-refractivity contribution in [3.8, 4) is 0 Å². The van der Waals surface area contributed by atoms with E-state index in [4.69, 9.17) is 10.5 Å². The summed E-state index contributed by atoms with van der Waals surface area (Å²) in [4.78, 5) is 0. The molecule has 1 atom stereocenters. The Kier molecular flexibility index (Phi) is 5.10. The van der Waals surface area contributed by atoms with E-state index in [0.717, 1.165) is 0 Å². The van der Waals surface area contributed by atoms with Crippen molar-refractivity contribution in [1.82, 2.24) is 0 Å². The molecule has 1 aliphatic rings. The predicted octanol–water partition coefficient (Wildman–Crippen LogP) is 1.82. The average Bonchev–Trinajstić information content (AvgIpc) is 1.96. The van der Waals surface area contributed by atoms with E-state index in [0.29, 0.717) is 13.0 Å². The standard InChI is InChI=1S/C8H15F2NO.ClH/c1-12-7(5-11)2-6-3-8(9,10)4-6;/h6-7H,2-5,11H2,1H3;1H. The molecule has 0 aliphatic heterocycles. The minimum atomic E-state index is -2.42. The monoisotopic (exact) mass is 215 g/mol. The van der Waals surface area contributed by atoms with Gasteiger partial charge in [0.2, 0.25) is 5.92 Å². The molecule has 2 N–H and O–H groups in total. The molecule has 80 valence electrons. The van der Waals surface area contributed by atoms with Crippen LogP contribution in [0.15, 0.2) is 0 Å². The van der Waals surface area contributed by atoms with E-state index in [2.05, 4.69) is 0 Å². The summed E-state index contributed by atoms with van der Waals surface area (Å²) in [5.74, 6) is -2.31. The predicted molar refractivity (Wildman–Crippen MR) is 49.4 cm³/mol. The van der Waals surface area contributed by atoms with Crippen LogP contribution in [-0.4, -0.2) is 25.7 Å². The van der Waals surface area contributed by atoms with Crippen molar-refractivity contribution in [3.05, 3.63) is 0 Å². The summed E-state index contributed by atoms with van der Waals surface area (Å²) in [6.07, 6.45) is 0.633. The van der Waals surface area contributed by atoms with Gasteiger partial charge in [0.25, 0.3) is 0 Å². The largest absolute Gasteiger partial charge is 0.380 e. The summed E-state index contributed by atoms with van der Waals surface area (Å²) in [5, 5.41) is 0. The third-order valence-electron chi connectivity index (χ3n) is 2.37. The van der Waals surface area contributed by atoms with E-state index in [9.17, 15) is 8.78 Å². The van der Waals surface area contributed by atoms with Crippen LogP contribution in [0.1, 0.15) is 19.3 Å². The molecule has 2 nitrogen and oxygen atoms in total. The summed E-state index contributed by atoms with van der Waals surface area (Å²) < 4.78 is 29.8. The molecule has 0 aromatic carbocycles. The van der Waals surface area contributed by atoms with E-state index in [1.54, 1.807) is 7.11 Å². The normalized spacial score (nSPS) is 23.1. The van der Waals surface area contributed by atoms with E-state index in [-0.39, 0.29) is 37.3 Å². The molecule has 0 aromatic heterocycles. The Morgan fingerprint density at radius 2 is 2.08 bits per heavy atom. The highest BCUT2D eigenvalue weighted by molar-refractivity contribution is 5.85. The second kappa shape index (κ2) is 5.08. The van der Waals surface area contributed by atoms with Gasteiger partial charge in [0, 0.05) is 26.5 Å². The van der Waals surface area contributed by atoms with Gasteiger partial charge < -0.3 is 10.5 Å². The molecule has 1 fully saturated rings. The van der Waals surface area contributed by atoms with Crippen molar-refractivity contribution in [2.75, 3.05) is 13.7 Å². The third kappa shape index (κ3) is 3.75. The Balaban J connectivity index is 0.00000144. The van der Waals surface area contributed by atoms with Gasteiger partial charge in [-0.05, 0) is 12.3 Å². The van der Waals surface area contributed by atoms with Crippen LogP contribution in [0.4, 0.5) is 8.78 Å². The number of hydrogen-bond donors (Lipinski definition) is 1. The summed E-state index contributed by atoms with van der Waals surface area (Å²) >= 11 is 0. The van der Waals surface area contributed by atoms with Crippen LogP contribution >= 0.6 is 12.4 Å². The molecule has 0 aromatic rings. The Labute approximate surface area is 83.2 Å². The maximum Gasteiger partial charge on any atom is 0.248 e. The van der Waals surface area contributed by atoms with Crippen LogP contribution in [-0.2, 0) is 4.74 Å². The second-order valence-electron chi connectivity index (χ2n) is 3.46. The molecule has 0 heterocycles. The lowest BCUT2D eigenvalue weighted by atomic mass is 9.78. The van der Waals surface area contributed by atoms with E-state index in [1.807, 2.05) is 0 Å². The topological polar surface area (TPSA) is 35.2 Å². The highest BCUT2D eigenvalue weighted by atomic mass is 35.5. The molecule has 1 saturated carbocycles. The lowest BCUT2D eigenvalue weighted by Crippen LogP contribution is -2.38. The van der Waals surface area contributed by atoms with Crippen LogP contribution in [0.3, 0.4) is 0 Å². The summed E-state index contributed by atoms with van der Waals surface area (Å²) in [7, 11) is 1.56. The lowest BCUT2D eigenvalue weighted by Gasteiger charge is -2.36. The molecular weight excluding hydrogens is 200 g/mol. The zero-order valence-electron chi connectivity index (χ0n) is 7.63.